The highest BCUT2D eigenvalue weighted by Gasteiger charge is 2.42. The molecule has 0 radical (unpaired) electrons. The number of hydrogen-bond donors (Lipinski definition) is 2. The summed E-state index contributed by atoms with van der Waals surface area (Å²) in [7, 11) is 0. The average molecular weight is 499 g/mol. The van der Waals surface area contributed by atoms with Gasteiger partial charge in [-0.15, -0.1) is 24.0 Å². The Labute approximate surface area is 180 Å². The van der Waals surface area contributed by atoms with Crippen molar-refractivity contribution >= 4 is 29.9 Å². The van der Waals surface area contributed by atoms with Gasteiger partial charge in [0.2, 0.25) is 0 Å². The van der Waals surface area contributed by atoms with Gasteiger partial charge in [0.25, 0.3) is 0 Å². The number of halogens is 3. The van der Waals surface area contributed by atoms with E-state index in [0.717, 1.165) is 17.7 Å². The van der Waals surface area contributed by atoms with E-state index in [9.17, 15) is 8.78 Å². The summed E-state index contributed by atoms with van der Waals surface area (Å²) >= 11 is 0. The normalized spacial score (nSPS) is 23.1. The van der Waals surface area contributed by atoms with Crippen LogP contribution in [0.15, 0.2) is 47.5 Å². The fourth-order valence-corrected chi connectivity index (χ4v) is 3.66. The molecule has 2 aromatic carbocycles. The zero-order valence-electron chi connectivity index (χ0n) is 15.6. The first-order chi connectivity index (χ1) is 13.2. The summed E-state index contributed by atoms with van der Waals surface area (Å²) in [4.78, 5) is 4.51. The Morgan fingerprint density at radius 3 is 2.61 bits per heavy atom. The molecule has 150 valence electrons. The average Bonchev–Trinajstić information content (AvgIpc) is 3.40. The topological polar surface area (TPSA) is 45.7 Å². The monoisotopic (exact) mass is 499 g/mol. The molecule has 7 heteroatoms. The molecule has 0 amide bonds. The predicted octanol–water partition coefficient (Wildman–Crippen LogP) is 4.52. The van der Waals surface area contributed by atoms with Crippen LogP contribution in [0.4, 0.5) is 8.78 Å². The van der Waals surface area contributed by atoms with Crippen molar-refractivity contribution in [3.05, 3.63) is 65.2 Å². The molecule has 0 spiro atoms. The highest BCUT2D eigenvalue weighted by molar-refractivity contribution is 14.0. The first kappa shape index (κ1) is 20.8. The van der Waals surface area contributed by atoms with Crippen LogP contribution in [-0.4, -0.2) is 25.2 Å². The zero-order valence-corrected chi connectivity index (χ0v) is 18.0. The summed E-state index contributed by atoms with van der Waals surface area (Å²) in [5, 5.41) is 6.79. The molecule has 3 atom stereocenters. The van der Waals surface area contributed by atoms with Crippen LogP contribution in [0.1, 0.15) is 42.9 Å². The maximum Gasteiger partial charge on any atom is 0.191 e. The van der Waals surface area contributed by atoms with Crippen LogP contribution < -0.4 is 15.4 Å². The van der Waals surface area contributed by atoms with Crippen molar-refractivity contribution < 1.29 is 13.5 Å². The van der Waals surface area contributed by atoms with Crippen molar-refractivity contribution in [3.8, 4) is 5.75 Å². The predicted molar refractivity (Wildman–Crippen MR) is 116 cm³/mol. The first-order valence-electron chi connectivity index (χ1n) is 9.40. The molecule has 1 aliphatic heterocycles. The van der Waals surface area contributed by atoms with Crippen molar-refractivity contribution in [2.75, 3.05) is 13.2 Å². The maximum absolute atomic E-state index is 14.0. The maximum atomic E-state index is 14.0. The van der Waals surface area contributed by atoms with Gasteiger partial charge in [0, 0.05) is 36.1 Å². The standard InChI is InChI=1S/C21H23F2N3O.HI/c1-2-24-21(25-17-10-11-27-19-9-4-3-6-13(17)19)26-18-12-14(18)20-15(22)7-5-8-16(20)23;/h3-9,14,17-18H,2,10-12H2,1H3,(H2,24,25,26);1H. The van der Waals surface area contributed by atoms with E-state index >= 15 is 0 Å². The second-order valence-corrected chi connectivity index (χ2v) is 6.92. The van der Waals surface area contributed by atoms with Crippen LogP contribution in [-0.2, 0) is 0 Å². The summed E-state index contributed by atoms with van der Waals surface area (Å²) in [6.07, 6.45) is 1.52. The molecular weight excluding hydrogens is 475 g/mol. The van der Waals surface area contributed by atoms with Crippen molar-refractivity contribution in [1.82, 2.24) is 10.6 Å². The molecule has 0 aromatic heterocycles. The van der Waals surface area contributed by atoms with Gasteiger partial charge in [-0.25, -0.2) is 8.78 Å². The molecule has 1 fully saturated rings. The lowest BCUT2D eigenvalue weighted by Crippen LogP contribution is -2.42. The Bertz CT molecular complexity index is 841. The van der Waals surface area contributed by atoms with E-state index in [1.54, 1.807) is 0 Å². The van der Waals surface area contributed by atoms with Gasteiger partial charge in [0.05, 0.1) is 12.6 Å². The van der Waals surface area contributed by atoms with Gasteiger partial charge in [-0.2, -0.15) is 0 Å². The van der Waals surface area contributed by atoms with Crippen LogP contribution in [0.5, 0.6) is 5.75 Å². The minimum Gasteiger partial charge on any atom is -0.493 e. The summed E-state index contributed by atoms with van der Waals surface area (Å²) < 4.78 is 33.7. The van der Waals surface area contributed by atoms with E-state index < -0.39 is 11.6 Å². The summed E-state index contributed by atoms with van der Waals surface area (Å²) in [5.74, 6) is 0.421. The van der Waals surface area contributed by atoms with Crippen LogP contribution in [0, 0.1) is 11.6 Å². The van der Waals surface area contributed by atoms with E-state index in [1.807, 2.05) is 31.2 Å². The van der Waals surface area contributed by atoms with Crippen molar-refractivity contribution in [3.63, 3.8) is 0 Å². The molecule has 2 aromatic rings. The molecule has 2 aliphatic rings. The molecule has 0 bridgehead atoms. The second-order valence-electron chi connectivity index (χ2n) is 6.92. The highest BCUT2D eigenvalue weighted by atomic mass is 127. The fraction of sp³-hybridized carbons (Fsp3) is 0.381. The lowest BCUT2D eigenvalue weighted by molar-refractivity contribution is 0.261. The Kier molecular flexibility index (Phi) is 6.74. The molecular formula is C21H24F2IN3O. The molecule has 28 heavy (non-hydrogen) atoms. The van der Waals surface area contributed by atoms with Crippen molar-refractivity contribution in [1.29, 1.82) is 0 Å². The number of fused-ring (bicyclic) bond motifs is 1. The number of hydrogen-bond acceptors (Lipinski definition) is 2. The summed E-state index contributed by atoms with van der Waals surface area (Å²) in [6.45, 7) is 3.22. The van der Waals surface area contributed by atoms with E-state index in [4.69, 9.17) is 4.74 Å². The minimum absolute atomic E-state index is 0. The number of guanidine groups is 1. The third-order valence-electron chi connectivity index (χ3n) is 5.07. The number of nitrogens with zero attached hydrogens (tertiary/aromatic N) is 1. The first-order valence-corrected chi connectivity index (χ1v) is 9.40. The Morgan fingerprint density at radius 1 is 1.11 bits per heavy atom. The van der Waals surface area contributed by atoms with Crippen LogP contribution in [0.25, 0.3) is 0 Å². The molecule has 4 nitrogen and oxygen atoms in total. The van der Waals surface area contributed by atoms with Gasteiger partial charge < -0.3 is 15.4 Å². The molecule has 4 rings (SSSR count). The highest BCUT2D eigenvalue weighted by Crippen LogP contribution is 2.43. The fourth-order valence-electron chi connectivity index (χ4n) is 3.66. The van der Waals surface area contributed by atoms with Crippen LogP contribution >= 0.6 is 24.0 Å². The van der Waals surface area contributed by atoms with E-state index in [0.29, 0.717) is 25.5 Å². The van der Waals surface area contributed by atoms with Gasteiger partial charge in [0.15, 0.2) is 5.96 Å². The quantitative estimate of drug-likeness (QED) is 0.370. The smallest absolute Gasteiger partial charge is 0.191 e. The van der Waals surface area contributed by atoms with Gasteiger partial charge in [-0.05, 0) is 31.5 Å². The third-order valence-corrected chi connectivity index (χ3v) is 5.07. The summed E-state index contributed by atoms with van der Waals surface area (Å²) in [5.41, 5.74) is 1.27. The number of ether oxygens (including phenoxy) is 1. The zero-order chi connectivity index (χ0) is 18.8. The second kappa shape index (κ2) is 9.07. The van der Waals surface area contributed by atoms with Crippen molar-refractivity contribution in [2.45, 2.75) is 37.8 Å². The molecule has 3 unspecified atom stereocenters. The molecule has 1 heterocycles. The van der Waals surface area contributed by atoms with Crippen LogP contribution in [0.2, 0.25) is 0 Å². The lowest BCUT2D eigenvalue weighted by Gasteiger charge is -2.28. The Morgan fingerprint density at radius 2 is 1.86 bits per heavy atom. The number of nitrogens with one attached hydrogen (secondary N) is 2. The third kappa shape index (κ3) is 4.39. The number of para-hydroxylation sites is 1. The van der Waals surface area contributed by atoms with Gasteiger partial charge >= 0.3 is 0 Å². The minimum atomic E-state index is -0.482. The molecule has 2 N–H and O–H groups in total. The van der Waals surface area contributed by atoms with E-state index in [2.05, 4.69) is 15.6 Å². The van der Waals surface area contributed by atoms with E-state index in [1.165, 1.54) is 18.2 Å². The summed E-state index contributed by atoms with van der Waals surface area (Å²) in [6, 6.07) is 12.0. The van der Waals surface area contributed by atoms with Gasteiger partial charge in [-0.3, -0.25) is 4.99 Å². The van der Waals surface area contributed by atoms with Crippen LogP contribution in [0.3, 0.4) is 0 Å². The number of rotatable bonds is 4. The molecule has 0 saturated heterocycles. The largest absolute Gasteiger partial charge is 0.493 e. The number of aliphatic imine (C=N–C) groups is 1. The number of benzene rings is 2. The van der Waals surface area contributed by atoms with Gasteiger partial charge in [-0.1, -0.05) is 24.3 Å². The van der Waals surface area contributed by atoms with Crippen molar-refractivity contribution in [2.24, 2.45) is 4.99 Å². The Hall–Kier alpha value is -1.90. The molecule has 1 saturated carbocycles. The van der Waals surface area contributed by atoms with Gasteiger partial charge in [0.1, 0.15) is 17.4 Å². The SMILES string of the molecule is CCN=C(NC1CCOc2ccccc21)NC1CC1c1c(F)cccc1F.I. The molecule has 1 aliphatic carbocycles. The van der Waals surface area contributed by atoms with E-state index in [-0.39, 0.29) is 47.5 Å². The lowest BCUT2D eigenvalue weighted by atomic mass is 10.0. The Balaban J connectivity index is 0.00000225.